The molecule has 3 rings (SSSR count). The number of likely N-dealkylation sites (N-methyl/N-ethyl adjacent to an activating group) is 1. The molecule has 2 aromatic carbocycles. The molecule has 0 unspecified atom stereocenters. The van der Waals surface area contributed by atoms with E-state index in [1.165, 1.54) is 11.8 Å². The number of carbonyl (C=O) groups is 1. The molecule has 1 amide bonds. The van der Waals surface area contributed by atoms with Gasteiger partial charge in [0.15, 0.2) is 11.5 Å². The van der Waals surface area contributed by atoms with E-state index in [0.29, 0.717) is 57.7 Å². The molecule has 1 fully saturated rings. The van der Waals surface area contributed by atoms with Gasteiger partial charge in [0.05, 0.1) is 30.3 Å². The molecule has 0 aliphatic carbocycles. The first kappa shape index (κ1) is 22.5. The van der Waals surface area contributed by atoms with E-state index in [2.05, 4.69) is 0 Å². The third-order valence-electron chi connectivity index (χ3n) is 4.33. The third kappa shape index (κ3) is 5.28. The lowest BCUT2D eigenvalue weighted by Crippen LogP contribution is -2.27. The number of hydrogen-bond donors (Lipinski definition) is 0. The molecule has 8 heteroatoms. The average molecular weight is 464 g/mol. The van der Waals surface area contributed by atoms with Gasteiger partial charge in [-0.2, -0.15) is 0 Å². The first-order valence-corrected chi connectivity index (χ1v) is 11.1. The van der Waals surface area contributed by atoms with Gasteiger partial charge in [-0.25, -0.2) is 0 Å². The Hall–Kier alpha value is -2.22. The van der Waals surface area contributed by atoms with Crippen molar-refractivity contribution in [1.29, 1.82) is 0 Å². The van der Waals surface area contributed by atoms with E-state index in [-0.39, 0.29) is 5.91 Å². The molecule has 1 aliphatic heterocycles. The smallest absolute Gasteiger partial charge is 0.266 e. The van der Waals surface area contributed by atoms with Crippen molar-refractivity contribution in [1.82, 2.24) is 4.90 Å². The molecule has 1 heterocycles. The predicted octanol–water partition coefficient (Wildman–Crippen LogP) is 5.42. The Kier molecular flexibility index (Phi) is 8.01. The maximum atomic E-state index is 12.5. The van der Waals surface area contributed by atoms with Gasteiger partial charge in [0.25, 0.3) is 5.91 Å². The van der Waals surface area contributed by atoms with Crippen molar-refractivity contribution in [3.8, 4) is 17.2 Å². The monoisotopic (exact) mass is 463 g/mol. The van der Waals surface area contributed by atoms with E-state index < -0.39 is 0 Å². The van der Waals surface area contributed by atoms with Gasteiger partial charge in [-0.15, -0.1) is 0 Å². The maximum Gasteiger partial charge on any atom is 0.266 e. The fraction of sp³-hybridized carbons (Fsp3) is 0.273. The Balaban J connectivity index is 1.67. The topological polar surface area (TPSA) is 48.0 Å². The summed E-state index contributed by atoms with van der Waals surface area (Å²) in [6.07, 6.45) is 2.45. The molecule has 0 saturated carbocycles. The summed E-state index contributed by atoms with van der Waals surface area (Å²) in [6, 6.07) is 12.9. The summed E-state index contributed by atoms with van der Waals surface area (Å²) in [5, 5.41) is 0.579. The molecular weight excluding hydrogens is 442 g/mol. The number of thiocarbonyl (C=S) groups is 1. The van der Waals surface area contributed by atoms with Crippen LogP contribution in [0.4, 0.5) is 0 Å². The Morgan fingerprint density at radius 3 is 2.53 bits per heavy atom. The van der Waals surface area contributed by atoms with Crippen molar-refractivity contribution in [3.05, 3.63) is 58.0 Å². The number of halogens is 1. The summed E-state index contributed by atoms with van der Waals surface area (Å²) in [5.74, 6) is 1.74. The van der Waals surface area contributed by atoms with Crippen LogP contribution in [0.1, 0.15) is 18.9 Å². The van der Waals surface area contributed by atoms with Gasteiger partial charge < -0.3 is 14.2 Å². The Morgan fingerprint density at radius 2 is 1.83 bits per heavy atom. The van der Waals surface area contributed by atoms with Gasteiger partial charge in [-0.05, 0) is 31.2 Å². The first-order chi connectivity index (χ1) is 14.5. The molecule has 0 aromatic heterocycles. The molecule has 2 aromatic rings. The minimum atomic E-state index is -0.0885. The van der Waals surface area contributed by atoms with Gasteiger partial charge in [0.1, 0.15) is 10.1 Å². The van der Waals surface area contributed by atoms with Crippen LogP contribution in [0.3, 0.4) is 0 Å². The van der Waals surface area contributed by atoms with Crippen molar-refractivity contribution in [2.24, 2.45) is 0 Å². The van der Waals surface area contributed by atoms with Crippen molar-refractivity contribution in [2.75, 3.05) is 26.9 Å². The molecule has 0 bridgehead atoms. The Morgan fingerprint density at radius 1 is 1.10 bits per heavy atom. The Labute approximate surface area is 190 Å². The predicted molar refractivity (Wildman–Crippen MR) is 126 cm³/mol. The second kappa shape index (κ2) is 10.7. The number of benzene rings is 2. The molecule has 0 spiro atoms. The fourth-order valence-electron chi connectivity index (χ4n) is 2.85. The highest BCUT2D eigenvalue weighted by Gasteiger charge is 2.31. The lowest BCUT2D eigenvalue weighted by Gasteiger charge is -2.14. The minimum absolute atomic E-state index is 0.0885. The van der Waals surface area contributed by atoms with Crippen molar-refractivity contribution < 1.29 is 19.0 Å². The molecule has 0 atom stereocenters. The van der Waals surface area contributed by atoms with Crippen molar-refractivity contribution in [3.63, 3.8) is 0 Å². The fourth-order valence-corrected chi connectivity index (χ4v) is 4.42. The number of nitrogens with zero attached hydrogens (tertiary/aromatic N) is 1. The summed E-state index contributed by atoms with van der Waals surface area (Å²) in [6.45, 7) is 3.33. The van der Waals surface area contributed by atoms with Crippen LogP contribution < -0.4 is 14.2 Å². The maximum absolute atomic E-state index is 12.5. The summed E-state index contributed by atoms with van der Waals surface area (Å²) >= 11 is 12.7. The first-order valence-electron chi connectivity index (χ1n) is 9.47. The van der Waals surface area contributed by atoms with Gasteiger partial charge >= 0.3 is 0 Å². The van der Waals surface area contributed by atoms with Gasteiger partial charge in [-0.1, -0.05) is 59.8 Å². The minimum Gasteiger partial charge on any atom is -0.493 e. The van der Waals surface area contributed by atoms with E-state index in [9.17, 15) is 4.79 Å². The molecule has 5 nitrogen and oxygen atoms in total. The lowest BCUT2D eigenvalue weighted by molar-refractivity contribution is -0.121. The standard InChI is InChI=1S/C22H22ClNO4S2/c1-3-24-21(25)19(30-22(24)29)14-15-8-6-11-18(26-2)20(15)28-13-7-12-27-17-10-5-4-9-16(17)23/h4-6,8-11,14H,3,7,12-13H2,1-2H3/b19-14-. The SMILES string of the molecule is CCN1C(=O)/C(=C/c2cccc(OC)c2OCCCOc2ccccc2Cl)SC1=S. The zero-order chi connectivity index (χ0) is 21.5. The molecule has 158 valence electrons. The molecule has 0 radical (unpaired) electrons. The van der Waals surface area contributed by atoms with Gasteiger partial charge in [0, 0.05) is 18.5 Å². The highest BCUT2D eigenvalue weighted by molar-refractivity contribution is 8.26. The second-order valence-corrected chi connectivity index (χ2v) is 8.37. The average Bonchev–Trinajstić information content (AvgIpc) is 3.02. The number of para-hydroxylation sites is 2. The van der Waals surface area contributed by atoms with Crippen LogP contribution in [0.15, 0.2) is 47.4 Å². The van der Waals surface area contributed by atoms with Crippen LogP contribution in [0.5, 0.6) is 17.2 Å². The van der Waals surface area contributed by atoms with E-state index in [1.807, 2.05) is 43.3 Å². The zero-order valence-electron chi connectivity index (χ0n) is 16.7. The van der Waals surface area contributed by atoms with Crippen LogP contribution in [0.2, 0.25) is 5.02 Å². The normalized spacial score (nSPS) is 15.0. The van der Waals surface area contributed by atoms with Crippen LogP contribution in [-0.2, 0) is 4.79 Å². The second-order valence-electron chi connectivity index (χ2n) is 6.29. The molecule has 1 saturated heterocycles. The molecule has 0 N–H and O–H groups in total. The van der Waals surface area contributed by atoms with E-state index in [0.717, 1.165) is 5.56 Å². The third-order valence-corrected chi connectivity index (χ3v) is 6.03. The van der Waals surface area contributed by atoms with E-state index in [4.69, 9.17) is 38.0 Å². The number of methoxy groups -OCH3 is 1. The van der Waals surface area contributed by atoms with Gasteiger partial charge in [-0.3, -0.25) is 9.69 Å². The highest BCUT2D eigenvalue weighted by Crippen LogP contribution is 2.37. The highest BCUT2D eigenvalue weighted by atomic mass is 35.5. The summed E-state index contributed by atoms with van der Waals surface area (Å²) in [5.41, 5.74) is 0.762. The molecule has 1 aliphatic rings. The van der Waals surface area contributed by atoms with Crippen LogP contribution in [0, 0.1) is 0 Å². The summed E-state index contributed by atoms with van der Waals surface area (Å²) < 4.78 is 17.7. The number of thioether (sulfide) groups is 1. The summed E-state index contributed by atoms with van der Waals surface area (Å²) in [4.78, 5) is 14.7. The largest absolute Gasteiger partial charge is 0.493 e. The van der Waals surface area contributed by atoms with Crippen molar-refractivity contribution >= 4 is 51.9 Å². The van der Waals surface area contributed by atoms with Crippen LogP contribution in [-0.4, -0.2) is 42.0 Å². The zero-order valence-corrected chi connectivity index (χ0v) is 19.1. The number of hydrogen-bond acceptors (Lipinski definition) is 6. The summed E-state index contributed by atoms with van der Waals surface area (Å²) in [7, 11) is 1.59. The Bertz CT molecular complexity index is 964. The van der Waals surface area contributed by atoms with Gasteiger partial charge in [0.2, 0.25) is 0 Å². The number of carbonyl (C=O) groups excluding carboxylic acids is 1. The number of amides is 1. The quantitative estimate of drug-likeness (QED) is 0.281. The lowest BCUT2D eigenvalue weighted by atomic mass is 10.1. The van der Waals surface area contributed by atoms with E-state index in [1.54, 1.807) is 24.2 Å². The molecular formula is C22H22ClNO4S2. The van der Waals surface area contributed by atoms with Crippen LogP contribution in [0.25, 0.3) is 6.08 Å². The molecule has 30 heavy (non-hydrogen) atoms. The number of ether oxygens (including phenoxy) is 3. The van der Waals surface area contributed by atoms with Crippen LogP contribution >= 0.6 is 35.6 Å². The van der Waals surface area contributed by atoms with E-state index >= 15 is 0 Å². The number of rotatable bonds is 9. The van der Waals surface area contributed by atoms with Crippen molar-refractivity contribution in [2.45, 2.75) is 13.3 Å².